The number of piperidine rings is 1. The predicted molar refractivity (Wildman–Crippen MR) is 94.2 cm³/mol. The fraction of sp³-hybridized carbons (Fsp3) is 0.600. The van der Waals surface area contributed by atoms with Gasteiger partial charge in [0.05, 0.1) is 16.4 Å². The van der Waals surface area contributed by atoms with Crippen molar-refractivity contribution in [2.75, 3.05) is 45.3 Å². The Morgan fingerprint density at radius 2 is 2.20 bits per heavy atom. The average molecular weight is 372 g/mol. The van der Waals surface area contributed by atoms with Gasteiger partial charge in [0.1, 0.15) is 5.69 Å². The quantitative estimate of drug-likeness (QED) is 0.555. The number of rotatable bonds is 7. The average Bonchev–Trinajstić information content (AvgIpc) is 2.58. The topological polar surface area (TPSA) is 119 Å². The molecule has 1 unspecified atom stereocenters. The summed E-state index contributed by atoms with van der Waals surface area (Å²) < 4.78 is 28.0. The molecule has 2 rings (SSSR count). The third kappa shape index (κ3) is 4.88. The first kappa shape index (κ1) is 19.6. The maximum absolute atomic E-state index is 11.5. The highest BCUT2D eigenvalue weighted by Crippen LogP contribution is 2.32. The van der Waals surface area contributed by atoms with Gasteiger partial charge in [0, 0.05) is 39.4 Å². The first-order valence-electron chi connectivity index (χ1n) is 7.99. The number of sulfonamides is 1. The van der Waals surface area contributed by atoms with E-state index in [1.165, 1.54) is 12.1 Å². The van der Waals surface area contributed by atoms with E-state index in [0.29, 0.717) is 12.3 Å². The summed E-state index contributed by atoms with van der Waals surface area (Å²) in [5.74, 6) is 0. The normalized spacial score (nSPS) is 18.9. The molecule has 1 aromatic rings. The van der Waals surface area contributed by atoms with Crippen molar-refractivity contribution < 1.29 is 18.1 Å². The molecule has 140 valence electrons. The zero-order valence-corrected chi connectivity index (χ0v) is 15.2. The van der Waals surface area contributed by atoms with Crippen molar-refractivity contribution in [3.8, 4) is 0 Å². The zero-order valence-electron chi connectivity index (χ0n) is 14.4. The van der Waals surface area contributed by atoms with Crippen molar-refractivity contribution in [3.05, 3.63) is 28.3 Å². The minimum absolute atomic E-state index is 0.102. The number of ether oxygens (including phenoxy) is 1. The van der Waals surface area contributed by atoms with Crippen LogP contribution < -0.4 is 10.0 Å². The summed E-state index contributed by atoms with van der Waals surface area (Å²) in [4.78, 5) is 14.7. The van der Waals surface area contributed by atoms with Crippen LogP contribution in [0.25, 0.3) is 0 Å². The number of benzene rings is 1. The Morgan fingerprint density at radius 1 is 1.48 bits per heavy atom. The van der Waals surface area contributed by atoms with Crippen LogP contribution >= 0.6 is 0 Å². The van der Waals surface area contributed by atoms with Crippen molar-refractivity contribution in [2.24, 2.45) is 5.14 Å². The highest BCUT2D eigenvalue weighted by Gasteiger charge is 2.28. The van der Waals surface area contributed by atoms with Crippen LogP contribution in [0.15, 0.2) is 23.1 Å². The maximum Gasteiger partial charge on any atom is 0.293 e. The SMILES string of the molecule is COCCN1CCCC(N(C)c2ccc(S(N)(=O)=O)cc2[N+](=O)[O-])C1. The second-order valence-electron chi connectivity index (χ2n) is 6.15. The number of nitrogens with zero attached hydrogens (tertiary/aromatic N) is 3. The van der Waals surface area contributed by atoms with Crippen LogP contribution in [0.4, 0.5) is 11.4 Å². The Balaban J connectivity index is 2.26. The summed E-state index contributed by atoms with van der Waals surface area (Å²) in [5, 5.41) is 16.5. The van der Waals surface area contributed by atoms with Crippen LogP contribution in [0.2, 0.25) is 0 Å². The Kier molecular flexibility index (Phi) is 6.33. The minimum Gasteiger partial charge on any atom is -0.383 e. The van der Waals surface area contributed by atoms with Gasteiger partial charge in [0.2, 0.25) is 10.0 Å². The van der Waals surface area contributed by atoms with Gasteiger partial charge in [-0.3, -0.25) is 15.0 Å². The molecule has 1 aliphatic heterocycles. The van der Waals surface area contributed by atoms with Crippen LogP contribution in [0, 0.1) is 10.1 Å². The third-order valence-corrected chi connectivity index (χ3v) is 5.40. The molecule has 25 heavy (non-hydrogen) atoms. The van der Waals surface area contributed by atoms with E-state index in [-0.39, 0.29) is 16.6 Å². The lowest BCUT2D eigenvalue weighted by Gasteiger charge is -2.38. The highest BCUT2D eigenvalue weighted by atomic mass is 32.2. The Labute approximate surface area is 147 Å². The van der Waals surface area contributed by atoms with Gasteiger partial charge in [-0.05, 0) is 31.5 Å². The summed E-state index contributed by atoms with van der Waals surface area (Å²) in [6.07, 6.45) is 1.90. The minimum atomic E-state index is -3.99. The largest absolute Gasteiger partial charge is 0.383 e. The summed E-state index contributed by atoms with van der Waals surface area (Å²) in [5.41, 5.74) is 0.124. The van der Waals surface area contributed by atoms with Gasteiger partial charge in [0.25, 0.3) is 5.69 Å². The van der Waals surface area contributed by atoms with Crippen molar-refractivity contribution in [2.45, 2.75) is 23.8 Å². The van der Waals surface area contributed by atoms with Gasteiger partial charge in [0.15, 0.2) is 0 Å². The van der Waals surface area contributed by atoms with Gasteiger partial charge in [-0.1, -0.05) is 0 Å². The molecule has 9 nitrogen and oxygen atoms in total. The fourth-order valence-corrected chi connectivity index (χ4v) is 3.63. The van der Waals surface area contributed by atoms with Gasteiger partial charge < -0.3 is 9.64 Å². The van der Waals surface area contributed by atoms with Crippen molar-refractivity contribution in [3.63, 3.8) is 0 Å². The van der Waals surface area contributed by atoms with Gasteiger partial charge in [-0.2, -0.15) is 0 Å². The standard InChI is InChI=1S/C15H24N4O5S/c1-17(12-4-3-7-18(11-12)8-9-24-2)14-6-5-13(25(16,22)23)10-15(14)19(20)21/h5-6,10,12H,3-4,7-9,11H2,1-2H3,(H2,16,22,23). The van der Waals surface area contributed by atoms with Crippen LogP contribution in [0.1, 0.15) is 12.8 Å². The second-order valence-corrected chi connectivity index (χ2v) is 7.71. The molecule has 10 heteroatoms. The fourth-order valence-electron chi connectivity index (χ4n) is 3.09. The Hall–Kier alpha value is -1.75. The lowest BCUT2D eigenvalue weighted by Crippen LogP contribution is -2.47. The van der Waals surface area contributed by atoms with Gasteiger partial charge in [-0.15, -0.1) is 0 Å². The van der Waals surface area contributed by atoms with Gasteiger partial charge in [-0.25, -0.2) is 13.6 Å². The number of anilines is 1. The molecule has 1 heterocycles. The summed E-state index contributed by atoms with van der Waals surface area (Å²) >= 11 is 0. The zero-order chi connectivity index (χ0) is 18.6. The molecule has 0 spiro atoms. The summed E-state index contributed by atoms with van der Waals surface area (Å²) in [6, 6.07) is 3.88. The van der Waals surface area contributed by atoms with Crippen LogP contribution in [-0.4, -0.2) is 64.7 Å². The van der Waals surface area contributed by atoms with Crippen molar-refractivity contribution >= 4 is 21.4 Å². The lowest BCUT2D eigenvalue weighted by molar-refractivity contribution is -0.384. The number of nitro groups is 1. The molecule has 1 atom stereocenters. The van der Waals surface area contributed by atoms with E-state index in [1.54, 1.807) is 14.2 Å². The van der Waals surface area contributed by atoms with Crippen molar-refractivity contribution in [1.29, 1.82) is 0 Å². The number of likely N-dealkylation sites (N-methyl/N-ethyl adjacent to an activating group) is 1. The first-order valence-corrected chi connectivity index (χ1v) is 9.54. The summed E-state index contributed by atoms with van der Waals surface area (Å²) in [7, 11) is -0.539. The first-order chi connectivity index (χ1) is 11.7. The molecule has 1 fully saturated rings. The lowest BCUT2D eigenvalue weighted by atomic mass is 10.0. The predicted octanol–water partition coefficient (Wildman–Crippen LogP) is 0.789. The van der Waals surface area contributed by atoms with Gasteiger partial charge >= 0.3 is 0 Å². The number of hydrogen-bond acceptors (Lipinski definition) is 7. The van der Waals surface area contributed by atoms with E-state index >= 15 is 0 Å². The molecule has 1 saturated heterocycles. The van der Waals surface area contributed by atoms with E-state index in [2.05, 4.69) is 4.90 Å². The van der Waals surface area contributed by atoms with E-state index in [1.807, 2.05) is 4.90 Å². The molecule has 0 saturated carbocycles. The van der Waals surface area contributed by atoms with E-state index in [0.717, 1.165) is 38.5 Å². The Bertz CT molecular complexity index is 725. The van der Waals surface area contributed by atoms with Crippen molar-refractivity contribution in [1.82, 2.24) is 4.90 Å². The van der Waals surface area contributed by atoms with E-state index in [9.17, 15) is 18.5 Å². The molecule has 1 aliphatic rings. The van der Waals surface area contributed by atoms with Crippen LogP contribution in [0.5, 0.6) is 0 Å². The molecule has 0 radical (unpaired) electrons. The Morgan fingerprint density at radius 3 is 2.80 bits per heavy atom. The van der Waals surface area contributed by atoms with Crippen LogP contribution in [-0.2, 0) is 14.8 Å². The summed E-state index contributed by atoms with van der Waals surface area (Å²) in [6.45, 7) is 3.20. The number of nitrogens with two attached hydrogens (primary N) is 1. The maximum atomic E-state index is 11.5. The molecular weight excluding hydrogens is 348 g/mol. The number of methoxy groups -OCH3 is 1. The van der Waals surface area contributed by atoms with E-state index in [4.69, 9.17) is 9.88 Å². The molecule has 0 aliphatic carbocycles. The van der Waals surface area contributed by atoms with Crippen LogP contribution in [0.3, 0.4) is 0 Å². The van der Waals surface area contributed by atoms with E-state index < -0.39 is 14.9 Å². The molecule has 1 aromatic carbocycles. The third-order valence-electron chi connectivity index (χ3n) is 4.49. The number of likely N-dealkylation sites (tertiary alicyclic amines) is 1. The number of primary sulfonamides is 1. The highest BCUT2D eigenvalue weighted by molar-refractivity contribution is 7.89. The number of nitro benzene ring substituents is 1. The number of hydrogen-bond donors (Lipinski definition) is 1. The second kappa shape index (κ2) is 8.09. The monoisotopic (exact) mass is 372 g/mol. The molecule has 0 bridgehead atoms. The molecule has 2 N–H and O–H groups in total. The smallest absolute Gasteiger partial charge is 0.293 e. The molecular formula is C15H24N4O5S. The molecule has 0 aromatic heterocycles. The molecule has 0 amide bonds.